The summed E-state index contributed by atoms with van der Waals surface area (Å²) in [5, 5.41) is 21.7. The van der Waals surface area contributed by atoms with Crippen LogP contribution in [-0.4, -0.2) is 34.3 Å². The number of nitrogens with one attached hydrogen (secondary N) is 1. The zero-order chi connectivity index (χ0) is 16.2. The second-order valence-electron chi connectivity index (χ2n) is 4.55. The maximum Gasteiger partial charge on any atom is 0.404 e. The number of hydrogen-bond acceptors (Lipinski definition) is 5. The number of carbonyl (C=O) groups is 1. The van der Waals surface area contributed by atoms with Crippen LogP contribution >= 0.6 is 15.9 Å². The van der Waals surface area contributed by atoms with Gasteiger partial charge in [0, 0.05) is 18.2 Å². The summed E-state index contributed by atoms with van der Waals surface area (Å²) in [5.41, 5.74) is 5.73. The van der Waals surface area contributed by atoms with Crippen LogP contribution < -0.4 is 15.8 Å². The molecule has 0 spiro atoms. The van der Waals surface area contributed by atoms with Crippen LogP contribution in [0.15, 0.2) is 22.7 Å². The fourth-order valence-electron chi connectivity index (χ4n) is 1.79. The number of benzene rings is 1. The molecule has 0 saturated carbocycles. The van der Waals surface area contributed by atoms with Gasteiger partial charge in [0.05, 0.1) is 15.4 Å². The van der Waals surface area contributed by atoms with Gasteiger partial charge in [0.2, 0.25) is 0 Å². The van der Waals surface area contributed by atoms with E-state index in [-0.39, 0.29) is 5.69 Å². The van der Waals surface area contributed by atoms with Gasteiger partial charge in [-0.05, 0) is 35.8 Å². The molecule has 0 aliphatic carbocycles. The van der Waals surface area contributed by atoms with Crippen LogP contribution in [0.5, 0.6) is 5.75 Å². The second-order valence-corrected chi connectivity index (χ2v) is 5.41. The van der Waals surface area contributed by atoms with E-state index in [0.717, 1.165) is 0 Å². The minimum Gasteiger partial charge on any atom is -0.485 e. The molecule has 0 fully saturated rings. The molecule has 0 bridgehead atoms. The molecule has 4 N–H and O–H groups in total. The Bertz CT molecular complexity index is 538. The first-order valence-corrected chi connectivity index (χ1v) is 6.87. The number of rotatable bonds is 6. The molecule has 116 valence electrons. The third-order valence-corrected chi connectivity index (χ3v) is 3.37. The molecule has 0 heterocycles. The molecule has 0 radical (unpaired) electrons. The highest BCUT2D eigenvalue weighted by molar-refractivity contribution is 9.10. The Balaban J connectivity index is 2.94. The molecule has 0 aliphatic rings. The highest BCUT2D eigenvalue weighted by Crippen LogP contribution is 2.30. The topological polar surface area (TPSA) is 128 Å². The zero-order valence-electron chi connectivity index (χ0n) is 11.4. The van der Waals surface area contributed by atoms with Crippen molar-refractivity contribution in [3.05, 3.63) is 32.8 Å². The van der Waals surface area contributed by atoms with E-state index >= 15 is 0 Å². The van der Waals surface area contributed by atoms with E-state index in [1.807, 2.05) is 0 Å². The number of nitro benzene ring substituents is 1. The maximum absolute atomic E-state index is 10.7. The largest absolute Gasteiger partial charge is 0.485 e. The van der Waals surface area contributed by atoms with E-state index in [1.165, 1.54) is 18.2 Å². The van der Waals surface area contributed by atoms with E-state index in [4.69, 9.17) is 15.6 Å². The Morgan fingerprint density at radius 2 is 2.14 bits per heavy atom. The number of nitro groups is 1. The summed E-state index contributed by atoms with van der Waals surface area (Å²) < 4.78 is 6.08. The van der Waals surface area contributed by atoms with Crippen molar-refractivity contribution >= 4 is 27.7 Å². The minimum atomic E-state index is -1.18. The van der Waals surface area contributed by atoms with Crippen molar-refractivity contribution in [1.29, 1.82) is 0 Å². The Labute approximate surface area is 129 Å². The van der Waals surface area contributed by atoms with Crippen LogP contribution in [0.2, 0.25) is 0 Å². The Morgan fingerprint density at radius 3 is 2.57 bits per heavy atom. The van der Waals surface area contributed by atoms with Crippen molar-refractivity contribution in [2.45, 2.75) is 32.0 Å². The number of amides is 1. The van der Waals surface area contributed by atoms with Gasteiger partial charge in [-0.3, -0.25) is 10.1 Å². The minimum absolute atomic E-state index is 0.0803. The molecule has 1 aromatic carbocycles. The van der Waals surface area contributed by atoms with E-state index < -0.39 is 29.2 Å². The number of carboxylic acid groups (broad SMARTS) is 1. The van der Waals surface area contributed by atoms with Crippen LogP contribution in [0.1, 0.15) is 13.8 Å². The van der Waals surface area contributed by atoms with Crippen LogP contribution in [0.4, 0.5) is 10.5 Å². The van der Waals surface area contributed by atoms with Crippen LogP contribution in [-0.2, 0) is 0 Å². The number of nitrogens with zero attached hydrogens (tertiary/aromatic N) is 1. The van der Waals surface area contributed by atoms with Gasteiger partial charge in [-0.2, -0.15) is 0 Å². The van der Waals surface area contributed by atoms with Gasteiger partial charge in [-0.25, -0.2) is 4.79 Å². The quantitative estimate of drug-likeness (QED) is 0.525. The van der Waals surface area contributed by atoms with Gasteiger partial charge in [-0.1, -0.05) is 0 Å². The van der Waals surface area contributed by atoms with Crippen molar-refractivity contribution in [3.8, 4) is 5.75 Å². The Morgan fingerprint density at radius 1 is 1.52 bits per heavy atom. The SMILES string of the molecule is C[C@H](NC(=O)O)[C@H](Oc1ccc([N+](=O)[O-])cc1Br)[C@@H](C)N. The lowest BCUT2D eigenvalue weighted by Crippen LogP contribution is -2.51. The highest BCUT2D eigenvalue weighted by atomic mass is 79.9. The fraction of sp³-hybridized carbons (Fsp3) is 0.417. The van der Waals surface area contributed by atoms with Crippen molar-refractivity contribution in [1.82, 2.24) is 5.32 Å². The van der Waals surface area contributed by atoms with E-state index in [1.54, 1.807) is 13.8 Å². The molecule has 3 atom stereocenters. The monoisotopic (exact) mass is 361 g/mol. The van der Waals surface area contributed by atoms with Crippen LogP contribution in [0.3, 0.4) is 0 Å². The lowest BCUT2D eigenvalue weighted by atomic mass is 10.1. The van der Waals surface area contributed by atoms with Gasteiger partial charge in [0.25, 0.3) is 5.69 Å². The van der Waals surface area contributed by atoms with Crippen molar-refractivity contribution in [3.63, 3.8) is 0 Å². The molecular weight excluding hydrogens is 346 g/mol. The molecule has 1 amide bonds. The summed E-state index contributed by atoms with van der Waals surface area (Å²) in [6.07, 6.45) is -1.81. The lowest BCUT2D eigenvalue weighted by Gasteiger charge is -2.28. The van der Waals surface area contributed by atoms with Gasteiger partial charge < -0.3 is 20.9 Å². The van der Waals surface area contributed by atoms with Crippen molar-refractivity contribution in [2.75, 3.05) is 0 Å². The predicted molar refractivity (Wildman–Crippen MR) is 79.5 cm³/mol. The third kappa shape index (κ3) is 4.87. The Hall–Kier alpha value is -1.87. The summed E-state index contributed by atoms with van der Waals surface area (Å²) in [7, 11) is 0. The van der Waals surface area contributed by atoms with Gasteiger partial charge in [0.15, 0.2) is 0 Å². The summed E-state index contributed by atoms with van der Waals surface area (Å²) in [6.45, 7) is 3.31. The van der Waals surface area contributed by atoms with Gasteiger partial charge in [-0.15, -0.1) is 0 Å². The van der Waals surface area contributed by atoms with Crippen LogP contribution in [0.25, 0.3) is 0 Å². The smallest absolute Gasteiger partial charge is 0.404 e. The van der Waals surface area contributed by atoms with Crippen molar-refractivity contribution in [2.24, 2.45) is 5.73 Å². The highest BCUT2D eigenvalue weighted by Gasteiger charge is 2.25. The van der Waals surface area contributed by atoms with E-state index in [2.05, 4.69) is 21.2 Å². The Kier molecular flexibility index (Phi) is 5.91. The standard InChI is InChI=1S/C12H16BrN3O5/c1-6(14)11(7(2)15-12(17)18)21-10-4-3-8(16(19)20)5-9(10)13/h3-7,11,15H,14H2,1-2H3,(H,17,18)/t6-,7+,11-/m1/s1. The van der Waals surface area contributed by atoms with Crippen LogP contribution in [0, 0.1) is 10.1 Å². The summed E-state index contributed by atoms with van der Waals surface area (Å²) in [6, 6.07) is 3.04. The lowest BCUT2D eigenvalue weighted by molar-refractivity contribution is -0.385. The number of halogens is 1. The number of hydrogen-bond donors (Lipinski definition) is 3. The van der Waals surface area contributed by atoms with E-state index in [9.17, 15) is 14.9 Å². The van der Waals surface area contributed by atoms with Gasteiger partial charge >= 0.3 is 6.09 Å². The molecule has 1 aromatic rings. The predicted octanol–water partition coefficient (Wildman–Crippen LogP) is 2.11. The third-order valence-electron chi connectivity index (χ3n) is 2.75. The summed E-state index contributed by atoms with van der Waals surface area (Å²) in [4.78, 5) is 20.8. The van der Waals surface area contributed by atoms with E-state index in [0.29, 0.717) is 10.2 Å². The summed E-state index contributed by atoms with van der Waals surface area (Å²) >= 11 is 3.19. The molecule has 0 saturated heterocycles. The first kappa shape index (κ1) is 17.2. The number of non-ortho nitro benzene ring substituents is 1. The summed E-state index contributed by atoms with van der Waals surface area (Å²) in [5.74, 6) is 0.349. The molecule has 0 unspecified atom stereocenters. The normalized spacial score (nSPS) is 14.9. The molecule has 21 heavy (non-hydrogen) atoms. The maximum atomic E-state index is 10.7. The fourth-order valence-corrected chi connectivity index (χ4v) is 2.25. The first-order valence-electron chi connectivity index (χ1n) is 6.08. The van der Waals surface area contributed by atoms with Crippen molar-refractivity contribution < 1.29 is 19.6 Å². The molecular formula is C12H16BrN3O5. The zero-order valence-corrected chi connectivity index (χ0v) is 13.0. The first-order chi connectivity index (χ1) is 9.72. The molecule has 9 heteroatoms. The number of ether oxygens (including phenoxy) is 1. The average Bonchev–Trinajstić information content (AvgIpc) is 2.35. The molecule has 1 rings (SSSR count). The second kappa shape index (κ2) is 7.23. The van der Waals surface area contributed by atoms with Gasteiger partial charge in [0.1, 0.15) is 11.9 Å². The number of nitrogens with two attached hydrogens (primary N) is 1. The molecule has 0 aromatic heterocycles. The molecule has 0 aliphatic heterocycles. The molecule has 8 nitrogen and oxygen atoms in total. The average molecular weight is 362 g/mol.